The molecule has 0 aromatic carbocycles. The smallest absolute Gasteiger partial charge is 0.309 e. The van der Waals surface area contributed by atoms with Gasteiger partial charge in [0.05, 0.1) is 23.9 Å². The summed E-state index contributed by atoms with van der Waals surface area (Å²) in [6.45, 7) is 21.5. The van der Waals surface area contributed by atoms with Crippen LogP contribution in [0, 0.1) is 105 Å². The number of carbonyl (C=O) groups is 7. The summed E-state index contributed by atoms with van der Waals surface area (Å²) in [5.74, 6) is 4.40. The second kappa shape index (κ2) is 27.2. The molecule has 0 aromatic heterocycles. The van der Waals surface area contributed by atoms with E-state index in [1.165, 1.54) is 51.4 Å². The Morgan fingerprint density at radius 3 is 1.22 bits per heavy atom. The zero-order valence-corrected chi connectivity index (χ0v) is 52.6. The van der Waals surface area contributed by atoms with Crippen molar-refractivity contribution in [1.82, 2.24) is 0 Å². The van der Waals surface area contributed by atoms with E-state index in [9.17, 15) is 33.6 Å². The summed E-state index contributed by atoms with van der Waals surface area (Å²) in [5.41, 5.74) is 17.9. The number of hydrogen-bond acceptors (Lipinski definition) is 12. The van der Waals surface area contributed by atoms with Gasteiger partial charge in [0.15, 0.2) is 11.6 Å². The van der Waals surface area contributed by atoms with Crippen molar-refractivity contribution in [2.75, 3.05) is 5.75 Å². The first kappa shape index (κ1) is 66.9. The van der Waals surface area contributed by atoms with Crippen LogP contribution in [-0.4, -0.2) is 71.0 Å². The molecule has 1 amide bonds. The monoisotopic (exact) mass is 1150 g/mol. The normalized spacial score (nSPS) is 39.6. The highest BCUT2D eigenvalue weighted by molar-refractivity contribution is 7.80. The van der Waals surface area contributed by atoms with Gasteiger partial charge in [0.2, 0.25) is 5.91 Å². The Morgan fingerprint density at radius 2 is 0.872 bits per heavy atom. The van der Waals surface area contributed by atoms with Crippen LogP contribution < -0.4 is 17.2 Å². The molecule has 8 aliphatic carbocycles. The minimum absolute atomic E-state index is 0. The minimum Gasteiger partial charge on any atom is -0.462 e. The Morgan fingerprint density at radius 1 is 0.513 bits per heavy atom. The van der Waals surface area contributed by atoms with Crippen LogP contribution in [0.5, 0.6) is 0 Å². The Labute approximate surface area is 489 Å². The first-order valence-electron chi connectivity index (χ1n) is 30.6. The van der Waals surface area contributed by atoms with Crippen molar-refractivity contribution >= 4 is 80.6 Å². The lowest BCUT2D eigenvalue weighted by Gasteiger charge is -2.61. The van der Waals surface area contributed by atoms with Crippen LogP contribution in [0.15, 0.2) is 0 Å². The van der Waals surface area contributed by atoms with Crippen LogP contribution in [-0.2, 0) is 43.0 Å². The minimum atomic E-state index is -0.977. The fourth-order valence-electron chi connectivity index (χ4n) is 19.3. The molecule has 2 unspecified atom stereocenters. The van der Waals surface area contributed by atoms with Crippen LogP contribution in [0.1, 0.15) is 217 Å². The molecule has 8 aliphatic rings. The van der Waals surface area contributed by atoms with Crippen LogP contribution >= 0.6 is 39.6 Å². The van der Waals surface area contributed by atoms with E-state index < -0.39 is 29.8 Å². The number of primary amides is 1. The van der Waals surface area contributed by atoms with Crippen LogP contribution in [0.25, 0.3) is 0 Å². The Balaban J connectivity index is 0.000000281. The lowest BCUT2D eigenvalue weighted by Crippen LogP contribution is -2.54. The molecule has 0 aromatic rings. The molecule has 0 aliphatic heterocycles. The Hall–Kier alpha value is -1.94. The molecule has 6 N–H and O–H groups in total. The lowest BCUT2D eigenvalue weighted by molar-refractivity contribution is -0.169. The molecular formula is C63H107N3O9S3. The number of nitrogens with two attached hydrogens (primary N) is 3. The van der Waals surface area contributed by atoms with Crippen LogP contribution in [0.2, 0.25) is 0 Å². The zero-order chi connectivity index (χ0) is 55.8. The maximum absolute atomic E-state index is 13.4. The molecule has 8 rings (SSSR count). The second-order valence-corrected chi connectivity index (χ2v) is 28.3. The highest BCUT2D eigenvalue weighted by atomic mass is 32.1. The lowest BCUT2D eigenvalue weighted by atomic mass is 9.44. The fourth-order valence-corrected chi connectivity index (χ4v) is 19.5. The molecule has 12 nitrogen and oxygen atoms in total. The molecule has 0 heterocycles. The first-order valence-corrected chi connectivity index (χ1v) is 31.3. The maximum Gasteiger partial charge on any atom is 0.309 e. The third kappa shape index (κ3) is 13.4. The SMILES string of the molecule is CCC(C)[C@H](CC(=O)[C@@H](N)CC(N)=O)C(=O)O[C@@H]1CC[C@@]2(C)[C@@H](CC[C@@H]3[C@@H]2CC[C@]2(C)[C@@H](C(C)=O)CC[C@@H]32)C1.CCC(C)[C@H](CC(=O)[C@@H](N)CS)C(=O)O[C@@H]1CC[C@@]2(C)[C@@H](CC[C@@H]3[C@@H]2CC[C@]2(C)[C@@H](C(C)=O)CC[C@@H]32)C1.S.S. The van der Waals surface area contributed by atoms with Crippen molar-refractivity contribution in [2.45, 2.75) is 241 Å². The molecule has 78 heavy (non-hydrogen) atoms. The zero-order valence-electron chi connectivity index (χ0n) is 49.7. The Kier molecular flexibility index (Phi) is 23.3. The molecule has 8 saturated carbocycles. The summed E-state index contributed by atoms with van der Waals surface area (Å²) < 4.78 is 12.3. The summed E-state index contributed by atoms with van der Waals surface area (Å²) in [4.78, 5) is 88.0. The standard InChI is InChI=1S/C32H52N2O5.C31H51NO4S.2H2S/c1-6-18(2)23(16-28(36)27(33)17-29(34)37)30(38)39-21-11-13-31(4)20(15-21)7-8-22-25-10-9-24(19(3)35)32(25,5)14-12-26(22)31;1-6-18(2)23(16-28(34)27(32)17-37)29(35)36-21-11-13-30(4)20(15-21)7-8-22-25-10-9-24(19(3)33)31(25,5)14-12-26(22)30;;/h18,20-27H,6-17,33H2,1-5H3,(H2,34,37);18,20-27,37H,6-17,32H2,1-5H3;2*1H2/t18?,20-,21+,22-,23-,24+,25-,26-,27-,31-,32+;18?,20-,21+,22-,23-,24+,25-,26-,27-,30-,31+;;/m00../s1. The van der Waals surface area contributed by atoms with Gasteiger partial charge in [-0.15, -0.1) is 0 Å². The van der Waals surface area contributed by atoms with Gasteiger partial charge in [0.25, 0.3) is 0 Å². The molecule has 0 saturated heterocycles. The van der Waals surface area contributed by atoms with E-state index in [1.54, 1.807) is 6.92 Å². The summed E-state index contributed by atoms with van der Waals surface area (Å²) >= 11 is 4.15. The number of ether oxygens (including phenoxy) is 2. The molecule has 8 fully saturated rings. The van der Waals surface area contributed by atoms with Crippen molar-refractivity contribution in [3.05, 3.63) is 0 Å². The van der Waals surface area contributed by atoms with Gasteiger partial charge in [-0.1, -0.05) is 68.2 Å². The van der Waals surface area contributed by atoms with Gasteiger partial charge in [-0.05, 0) is 210 Å². The highest BCUT2D eigenvalue weighted by Crippen LogP contribution is 2.69. The number of Topliss-reactive ketones (excluding diaryl/α,β-unsaturated/α-hetero) is 4. The van der Waals surface area contributed by atoms with Gasteiger partial charge in [0.1, 0.15) is 23.8 Å². The third-order valence-corrected chi connectivity index (χ3v) is 24.7. The van der Waals surface area contributed by atoms with Gasteiger partial charge in [-0.3, -0.25) is 33.6 Å². The number of hydrogen-bond donors (Lipinski definition) is 4. The van der Waals surface area contributed by atoms with Crippen LogP contribution in [0.3, 0.4) is 0 Å². The number of rotatable bonds is 19. The Bertz CT molecular complexity index is 2150. The van der Waals surface area contributed by atoms with Crippen LogP contribution in [0.4, 0.5) is 0 Å². The summed E-state index contributed by atoms with van der Waals surface area (Å²) in [6.07, 6.45) is 21.3. The van der Waals surface area contributed by atoms with E-state index in [4.69, 9.17) is 26.7 Å². The van der Waals surface area contributed by atoms with E-state index in [1.807, 2.05) is 27.7 Å². The van der Waals surface area contributed by atoms with Crippen molar-refractivity contribution in [3.63, 3.8) is 0 Å². The van der Waals surface area contributed by atoms with E-state index in [-0.39, 0.29) is 122 Å². The molecule has 0 bridgehead atoms. The number of fused-ring (bicyclic) bond motifs is 10. The topological polar surface area (TPSA) is 216 Å². The van der Waals surface area contributed by atoms with Gasteiger partial charge < -0.3 is 26.7 Å². The molecule has 446 valence electrons. The highest BCUT2D eigenvalue weighted by Gasteiger charge is 2.63. The average molecular weight is 1150 g/mol. The number of ketones is 4. The fraction of sp³-hybridized carbons (Fsp3) is 0.889. The van der Waals surface area contributed by atoms with E-state index >= 15 is 0 Å². The van der Waals surface area contributed by atoms with Gasteiger partial charge >= 0.3 is 11.9 Å². The predicted octanol–water partition coefficient (Wildman–Crippen LogP) is 11.2. The second-order valence-electron chi connectivity index (χ2n) is 27.9. The van der Waals surface area contributed by atoms with E-state index in [0.29, 0.717) is 58.2 Å². The molecule has 0 radical (unpaired) electrons. The largest absolute Gasteiger partial charge is 0.462 e. The van der Waals surface area contributed by atoms with Gasteiger partial charge in [-0.2, -0.15) is 39.6 Å². The summed E-state index contributed by atoms with van der Waals surface area (Å²) in [7, 11) is 0. The van der Waals surface area contributed by atoms with Crippen molar-refractivity contribution in [1.29, 1.82) is 0 Å². The number of amides is 1. The van der Waals surface area contributed by atoms with Crippen molar-refractivity contribution in [3.8, 4) is 0 Å². The predicted molar refractivity (Wildman–Crippen MR) is 321 cm³/mol. The average Bonchev–Trinajstić information content (AvgIpc) is 4.04. The van der Waals surface area contributed by atoms with Crippen molar-refractivity contribution in [2.24, 2.45) is 122 Å². The molecule has 15 heteroatoms. The summed E-state index contributed by atoms with van der Waals surface area (Å²) in [5, 5.41) is 0. The van der Waals surface area contributed by atoms with Gasteiger partial charge in [-0.25, -0.2) is 0 Å². The third-order valence-electron chi connectivity index (χ3n) is 24.3. The number of esters is 2. The molecule has 0 spiro atoms. The first-order chi connectivity index (χ1) is 35.8. The summed E-state index contributed by atoms with van der Waals surface area (Å²) in [6, 6.07) is -1.61. The van der Waals surface area contributed by atoms with E-state index in [2.05, 4.69) is 47.2 Å². The maximum atomic E-state index is 13.4. The van der Waals surface area contributed by atoms with Gasteiger partial charge in [0, 0.05) is 36.9 Å². The molecular weight excluding hydrogens is 1040 g/mol. The quantitative estimate of drug-likeness (QED) is 0.0705. The van der Waals surface area contributed by atoms with Crippen molar-refractivity contribution < 1.29 is 43.0 Å². The van der Waals surface area contributed by atoms with E-state index in [0.717, 1.165) is 88.9 Å². The number of carbonyl (C=O) groups excluding carboxylic acids is 7. The molecule has 22 atom stereocenters. The number of thiol groups is 1.